The van der Waals surface area contributed by atoms with Gasteiger partial charge in [-0.05, 0) is 42.1 Å². The molecule has 0 radical (unpaired) electrons. The summed E-state index contributed by atoms with van der Waals surface area (Å²) >= 11 is 1.16. The van der Waals surface area contributed by atoms with Gasteiger partial charge in [0, 0.05) is 5.69 Å². The van der Waals surface area contributed by atoms with E-state index < -0.39 is 10.0 Å². The second kappa shape index (κ2) is 4.38. The highest BCUT2D eigenvalue weighted by molar-refractivity contribution is 7.94. The van der Waals surface area contributed by atoms with Crippen LogP contribution in [-0.2, 0) is 10.0 Å². The normalized spacial score (nSPS) is 11.4. The van der Waals surface area contributed by atoms with E-state index in [9.17, 15) is 13.5 Å². The minimum atomic E-state index is -3.51. The molecule has 4 nitrogen and oxygen atoms in total. The fraction of sp³-hybridized carbons (Fsp3) is 0.0909. The molecular formula is C11H11NO3S2. The highest BCUT2D eigenvalue weighted by Gasteiger charge is 2.15. The van der Waals surface area contributed by atoms with Crippen molar-refractivity contribution >= 4 is 27.0 Å². The standard InChI is InChI=1S/C11H11NO3S2/c1-8-7-9(4-5-10(8)13)12-17(14,15)11-3-2-6-16-11/h2-7,12-13H,1H3. The Bertz CT molecular complexity index is 618. The van der Waals surface area contributed by atoms with Gasteiger partial charge in [0.05, 0.1) is 0 Å². The number of anilines is 1. The van der Waals surface area contributed by atoms with Crippen molar-refractivity contribution < 1.29 is 13.5 Å². The van der Waals surface area contributed by atoms with Crippen molar-refractivity contribution in [2.24, 2.45) is 0 Å². The number of sulfonamides is 1. The smallest absolute Gasteiger partial charge is 0.271 e. The van der Waals surface area contributed by atoms with Crippen LogP contribution in [0, 0.1) is 6.92 Å². The number of thiophene rings is 1. The molecule has 0 unspecified atom stereocenters. The molecule has 2 rings (SSSR count). The van der Waals surface area contributed by atoms with Crippen LogP contribution >= 0.6 is 11.3 Å². The van der Waals surface area contributed by atoms with Crippen LogP contribution in [0.4, 0.5) is 5.69 Å². The Balaban J connectivity index is 2.30. The van der Waals surface area contributed by atoms with Gasteiger partial charge >= 0.3 is 0 Å². The predicted molar refractivity (Wildman–Crippen MR) is 68.0 cm³/mol. The molecule has 0 aliphatic carbocycles. The van der Waals surface area contributed by atoms with Crippen LogP contribution in [0.1, 0.15) is 5.56 Å². The average Bonchev–Trinajstić information content (AvgIpc) is 2.77. The maximum absolute atomic E-state index is 11.9. The molecule has 0 fully saturated rings. The molecule has 0 spiro atoms. The largest absolute Gasteiger partial charge is 0.508 e. The molecule has 1 aromatic carbocycles. The molecule has 2 N–H and O–H groups in total. The van der Waals surface area contributed by atoms with Gasteiger partial charge in [-0.1, -0.05) is 6.07 Å². The first-order chi connectivity index (χ1) is 7.99. The second-order valence-electron chi connectivity index (χ2n) is 3.54. The minimum Gasteiger partial charge on any atom is -0.508 e. The number of phenolic OH excluding ortho intramolecular Hbond substituents is 1. The van der Waals surface area contributed by atoms with Gasteiger partial charge < -0.3 is 5.11 Å². The molecule has 0 amide bonds. The van der Waals surface area contributed by atoms with Gasteiger partial charge in [0.25, 0.3) is 10.0 Å². The van der Waals surface area contributed by atoms with Gasteiger partial charge in [0.1, 0.15) is 9.96 Å². The number of aromatic hydroxyl groups is 1. The van der Waals surface area contributed by atoms with Crippen molar-refractivity contribution in [2.45, 2.75) is 11.1 Å². The van der Waals surface area contributed by atoms with E-state index in [4.69, 9.17) is 0 Å². The number of rotatable bonds is 3. The van der Waals surface area contributed by atoms with Crippen molar-refractivity contribution in [3.8, 4) is 5.75 Å². The third-order valence-corrected chi connectivity index (χ3v) is 4.99. The zero-order valence-electron chi connectivity index (χ0n) is 9.04. The summed E-state index contributed by atoms with van der Waals surface area (Å²) in [6.07, 6.45) is 0. The third kappa shape index (κ3) is 2.59. The zero-order valence-corrected chi connectivity index (χ0v) is 10.7. The Kier molecular flexibility index (Phi) is 3.08. The summed E-state index contributed by atoms with van der Waals surface area (Å²) in [7, 11) is -3.51. The lowest BCUT2D eigenvalue weighted by Crippen LogP contribution is -2.11. The van der Waals surface area contributed by atoms with Crippen LogP contribution in [0.5, 0.6) is 5.75 Å². The molecule has 0 saturated heterocycles. The van der Waals surface area contributed by atoms with Gasteiger partial charge in [-0.3, -0.25) is 4.72 Å². The molecule has 2 aromatic rings. The molecule has 17 heavy (non-hydrogen) atoms. The van der Waals surface area contributed by atoms with Crippen molar-refractivity contribution in [3.05, 3.63) is 41.3 Å². The average molecular weight is 269 g/mol. The number of hydrogen-bond donors (Lipinski definition) is 2. The summed E-state index contributed by atoms with van der Waals surface area (Å²) in [6, 6.07) is 7.79. The van der Waals surface area contributed by atoms with Crippen LogP contribution in [0.3, 0.4) is 0 Å². The summed E-state index contributed by atoms with van der Waals surface area (Å²) in [5.74, 6) is 0.143. The van der Waals surface area contributed by atoms with E-state index in [0.29, 0.717) is 11.3 Å². The first-order valence-corrected chi connectivity index (χ1v) is 7.21. The summed E-state index contributed by atoms with van der Waals surface area (Å²) in [4.78, 5) is 0. The van der Waals surface area contributed by atoms with Gasteiger partial charge in [-0.2, -0.15) is 0 Å². The Hall–Kier alpha value is -1.53. The molecule has 0 aliphatic heterocycles. The summed E-state index contributed by atoms with van der Waals surface area (Å²) in [5, 5.41) is 11.1. The van der Waals surface area contributed by atoms with E-state index in [-0.39, 0.29) is 9.96 Å². The van der Waals surface area contributed by atoms with E-state index in [1.54, 1.807) is 30.5 Å². The first kappa shape index (κ1) is 11.9. The second-order valence-corrected chi connectivity index (χ2v) is 6.40. The Morgan fingerprint density at radius 2 is 2.06 bits per heavy atom. The summed E-state index contributed by atoms with van der Waals surface area (Å²) in [5.41, 5.74) is 1.06. The molecular weight excluding hydrogens is 258 g/mol. The van der Waals surface area contributed by atoms with Crippen LogP contribution in [0.2, 0.25) is 0 Å². The quantitative estimate of drug-likeness (QED) is 0.842. The van der Waals surface area contributed by atoms with Gasteiger partial charge in [0.15, 0.2) is 0 Å². The van der Waals surface area contributed by atoms with E-state index >= 15 is 0 Å². The fourth-order valence-electron chi connectivity index (χ4n) is 1.34. The van der Waals surface area contributed by atoms with E-state index in [1.807, 2.05) is 0 Å². The number of nitrogens with one attached hydrogen (secondary N) is 1. The highest BCUT2D eigenvalue weighted by Crippen LogP contribution is 2.24. The molecule has 90 valence electrons. The number of benzene rings is 1. The molecule has 0 atom stereocenters. The van der Waals surface area contributed by atoms with Crippen LogP contribution in [0.15, 0.2) is 39.9 Å². The molecule has 0 bridgehead atoms. The number of aryl methyl sites for hydroxylation is 1. The summed E-state index contributed by atoms with van der Waals surface area (Å²) in [6.45, 7) is 1.71. The number of hydrogen-bond acceptors (Lipinski definition) is 4. The van der Waals surface area contributed by atoms with Crippen molar-refractivity contribution in [3.63, 3.8) is 0 Å². The Labute approximate surface area is 104 Å². The number of phenols is 1. The van der Waals surface area contributed by atoms with Crippen LogP contribution < -0.4 is 4.72 Å². The van der Waals surface area contributed by atoms with E-state index in [2.05, 4.69) is 4.72 Å². The lowest BCUT2D eigenvalue weighted by Gasteiger charge is -2.07. The van der Waals surface area contributed by atoms with Crippen molar-refractivity contribution in [2.75, 3.05) is 4.72 Å². The van der Waals surface area contributed by atoms with E-state index in [0.717, 1.165) is 11.3 Å². The Morgan fingerprint density at radius 1 is 1.29 bits per heavy atom. The maximum atomic E-state index is 11.9. The molecule has 1 heterocycles. The minimum absolute atomic E-state index is 0.143. The molecule has 0 aliphatic rings. The topological polar surface area (TPSA) is 66.4 Å². The van der Waals surface area contributed by atoms with Gasteiger partial charge in [0.2, 0.25) is 0 Å². The third-order valence-electron chi connectivity index (χ3n) is 2.21. The molecule has 0 saturated carbocycles. The zero-order chi connectivity index (χ0) is 12.5. The summed E-state index contributed by atoms with van der Waals surface area (Å²) < 4.78 is 26.5. The molecule has 1 aromatic heterocycles. The fourth-order valence-corrected chi connectivity index (χ4v) is 3.38. The van der Waals surface area contributed by atoms with Crippen LogP contribution in [0.25, 0.3) is 0 Å². The lowest BCUT2D eigenvalue weighted by molar-refractivity contribution is 0.471. The predicted octanol–water partition coefficient (Wildman–Crippen LogP) is 2.56. The monoisotopic (exact) mass is 269 g/mol. The highest BCUT2D eigenvalue weighted by atomic mass is 32.2. The van der Waals surface area contributed by atoms with Crippen molar-refractivity contribution in [1.82, 2.24) is 0 Å². The maximum Gasteiger partial charge on any atom is 0.271 e. The SMILES string of the molecule is Cc1cc(NS(=O)(=O)c2cccs2)ccc1O. The Morgan fingerprint density at radius 3 is 2.65 bits per heavy atom. The van der Waals surface area contributed by atoms with Crippen molar-refractivity contribution in [1.29, 1.82) is 0 Å². The van der Waals surface area contributed by atoms with Crippen LogP contribution in [-0.4, -0.2) is 13.5 Å². The first-order valence-electron chi connectivity index (χ1n) is 4.85. The van der Waals surface area contributed by atoms with E-state index in [1.165, 1.54) is 12.1 Å². The van der Waals surface area contributed by atoms with Gasteiger partial charge in [-0.15, -0.1) is 11.3 Å². The lowest BCUT2D eigenvalue weighted by atomic mass is 10.2. The molecule has 6 heteroatoms. The van der Waals surface area contributed by atoms with Gasteiger partial charge in [-0.25, -0.2) is 8.42 Å².